The van der Waals surface area contributed by atoms with E-state index in [0.717, 1.165) is 51.9 Å². The van der Waals surface area contributed by atoms with Gasteiger partial charge in [-0.3, -0.25) is 19.4 Å². The Morgan fingerprint density at radius 2 is 1.56 bits per heavy atom. The molecule has 1 aromatic rings. The van der Waals surface area contributed by atoms with Crippen LogP contribution in [0.3, 0.4) is 0 Å². The van der Waals surface area contributed by atoms with E-state index in [1.807, 2.05) is 6.07 Å². The summed E-state index contributed by atoms with van der Waals surface area (Å²) in [7, 11) is 0. The van der Waals surface area contributed by atoms with Gasteiger partial charge in [-0.25, -0.2) is 0 Å². The molecule has 4 rings (SSSR count). The normalized spacial score (nSPS) is 24.3. The number of carbonyl (C=O) groups excluding carboxylic acids is 2. The highest BCUT2D eigenvalue weighted by atomic mass is 16.2. The molecule has 0 aromatic heterocycles. The molecule has 25 heavy (non-hydrogen) atoms. The van der Waals surface area contributed by atoms with Crippen molar-refractivity contribution in [1.29, 1.82) is 0 Å². The molecule has 1 saturated carbocycles. The fraction of sp³-hybridized carbons (Fsp3) is 0.600. The van der Waals surface area contributed by atoms with Crippen molar-refractivity contribution in [3.63, 3.8) is 0 Å². The number of carbonyl (C=O) groups is 2. The lowest BCUT2D eigenvalue weighted by atomic mass is 9.73. The molecular formula is C20H27N3O2. The van der Waals surface area contributed by atoms with E-state index in [9.17, 15) is 9.59 Å². The number of piperazine rings is 1. The van der Waals surface area contributed by atoms with Crippen molar-refractivity contribution >= 4 is 17.5 Å². The molecule has 2 aliphatic heterocycles. The average molecular weight is 341 g/mol. The van der Waals surface area contributed by atoms with Crippen LogP contribution in [-0.4, -0.2) is 54.5 Å². The molecule has 2 amide bonds. The molecule has 3 aliphatic rings. The van der Waals surface area contributed by atoms with Crippen LogP contribution in [0.15, 0.2) is 30.3 Å². The van der Waals surface area contributed by atoms with Crippen LogP contribution in [0.2, 0.25) is 0 Å². The number of imide groups is 1. The number of benzene rings is 1. The molecule has 1 spiro atoms. The van der Waals surface area contributed by atoms with E-state index in [4.69, 9.17) is 0 Å². The highest BCUT2D eigenvalue weighted by Crippen LogP contribution is 2.45. The molecule has 2 saturated heterocycles. The molecule has 3 fully saturated rings. The Labute approximate surface area is 149 Å². The molecule has 134 valence electrons. The maximum Gasteiger partial charge on any atom is 0.237 e. The Bertz CT molecular complexity index is 632. The molecule has 5 nitrogen and oxygen atoms in total. The van der Waals surface area contributed by atoms with Crippen LogP contribution in [0.25, 0.3) is 0 Å². The molecule has 1 aromatic carbocycles. The molecule has 0 bridgehead atoms. The lowest BCUT2D eigenvalue weighted by Crippen LogP contribution is -2.51. The van der Waals surface area contributed by atoms with Gasteiger partial charge >= 0.3 is 0 Å². The summed E-state index contributed by atoms with van der Waals surface area (Å²) in [4.78, 5) is 31.6. The summed E-state index contributed by atoms with van der Waals surface area (Å²) in [6, 6.07) is 10.4. The first-order chi connectivity index (χ1) is 12.2. The van der Waals surface area contributed by atoms with E-state index >= 15 is 0 Å². The predicted molar refractivity (Wildman–Crippen MR) is 97.1 cm³/mol. The van der Waals surface area contributed by atoms with E-state index in [-0.39, 0.29) is 17.2 Å². The number of hydrogen-bond acceptors (Lipinski definition) is 4. The minimum absolute atomic E-state index is 0.0392. The standard InChI is InChI=1S/C20H27N3O2/c24-18-15-20(9-5-2-6-10-20)19(25)23(18)16-21-11-13-22(14-12-21)17-7-3-1-4-8-17/h1,3-4,7-8H,2,5-6,9-16H2. The second-order valence-corrected chi connectivity index (χ2v) is 7.73. The van der Waals surface area contributed by atoms with Gasteiger partial charge in [-0.05, 0) is 25.0 Å². The maximum atomic E-state index is 12.9. The molecule has 2 heterocycles. The van der Waals surface area contributed by atoms with E-state index in [1.165, 1.54) is 12.1 Å². The number of amides is 2. The number of anilines is 1. The van der Waals surface area contributed by atoms with E-state index in [1.54, 1.807) is 4.90 Å². The van der Waals surface area contributed by atoms with Crippen LogP contribution in [0.1, 0.15) is 38.5 Å². The van der Waals surface area contributed by atoms with E-state index < -0.39 is 0 Å². The van der Waals surface area contributed by atoms with Crippen molar-refractivity contribution in [2.75, 3.05) is 37.7 Å². The summed E-state index contributed by atoms with van der Waals surface area (Å²) < 4.78 is 0. The second kappa shape index (κ2) is 6.79. The second-order valence-electron chi connectivity index (χ2n) is 7.73. The van der Waals surface area contributed by atoms with Gasteiger partial charge in [-0.2, -0.15) is 0 Å². The Morgan fingerprint density at radius 1 is 0.880 bits per heavy atom. The van der Waals surface area contributed by atoms with Crippen LogP contribution in [0, 0.1) is 5.41 Å². The summed E-state index contributed by atoms with van der Waals surface area (Å²) in [5.74, 6) is 0.139. The predicted octanol–water partition coefficient (Wildman–Crippen LogP) is 2.48. The number of nitrogens with zero attached hydrogens (tertiary/aromatic N) is 3. The first-order valence-corrected chi connectivity index (χ1v) is 9.55. The molecule has 0 radical (unpaired) electrons. The smallest absolute Gasteiger partial charge is 0.237 e. The van der Waals surface area contributed by atoms with Gasteiger partial charge in [0.05, 0.1) is 12.1 Å². The highest BCUT2D eigenvalue weighted by molar-refractivity contribution is 6.05. The Balaban J connectivity index is 1.35. The van der Waals surface area contributed by atoms with Crippen molar-refractivity contribution in [1.82, 2.24) is 9.80 Å². The minimum Gasteiger partial charge on any atom is -0.369 e. The maximum absolute atomic E-state index is 12.9. The number of hydrogen-bond donors (Lipinski definition) is 0. The van der Waals surface area contributed by atoms with Crippen LogP contribution in [0.4, 0.5) is 5.69 Å². The van der Waals surface area contributed by atoms with Crippen LogP contribution in [0.5, 0.6) is 0 Å². The third kappa shape index (κ3) is 3.17. The minimum atomic E-state index is -0.360. The SMILES string of the molecule is O=C1CC2(CCCCC2)C(=O)N1CN1CCN(c2ccccc2)CC1. The number of para-hydroxylation sites is 1. The first-order valence-electron chi connectivity index (χ1n) is 9.55. The third-order valence-electron chi connectivity index (χ3n) is 6.14. The Hall–Kier alpha value is -1.88. The zero-order valence-corrected chi connectivity index (χ0v) is 14.8. The quantitative estimate of drug-likeness (QED) is 0.792. The fourth-order valence-electron chi connectivity index (χ4n) is 4.61. The van der Waals surface area contributed by atoms with Crippen LogP contribution in [-0.2, 0) is 9.59 Å². The number of likely N-dealkylation sites (tertiary alicyclic amines) is 1. The lowest BCUT2D eigenvalue weighted by molar-refractivity contribution is -0.144. The van der Waals surface area contributed by atoms with Crippen molar-refractivity contribution in [3.05, 3.63) is 30.3 Å². The molecule has 1 aliphatic carbocycles. The zero-order valence-electron chi connectivity index (χ0n) is 14.8. The van der Waals surface area contributed by atoms with Gasteiger partial charge in [-0.15, -0.1) is 0 Å². The van der Waals surface area contributed by atoms with Crippen molar-refractivity contribution in [3.8, 4) is 0 Å². The first kappa shape index (κ1) is 16.6. The van der Waals surface area contributed by atoms with Gasteiger partial charge in [0.15, 0.2) is 0 Å². The van der Waals surface area contributed by atoms with E-state index in [0.29, 0.717) is 13.1 Å². The lowest BCUT2D eigenvalue weighted by Gasteiger charge is -2.38. The monoisotopic (exact) mass is 341 g/mol. The fourth-order valence-corrected chi connectivity index (χ4v) is 4.61. The molecule has 5 heteroatoms. The van der Waals surface area contributed by atoms with Crippen molar-refractivity contribution < 1.29 is 9.59 Å². The summed E-state index contributed by atoms with van der Waals surface area (Å²) in [6.07, 6.45) is 5.61. The summed E-state index contributed by atoms with van der Waals surface area (Å²) in [6.45, 7) is 4.12. The van der Waals surface area contributed by atoms with Crippen LogP contribution < -0.4 is 4.90 Å². The van der Waals surface area contributed by atoms with Gasteiger partial charge in [0.1, 0.15) is 0 Å². The summed E-state index contributed by atoms with van der Waals surface area (Å²) in [5.41, 5.74) is 0.887. The summed E-state index contributed by atoms with van der Waals surface area (Å²) >= 11 is 0. The summed E-state index contributed by atoms with van der Waals surface area (Å²) in [5, 5.41) is 0. The Morgan fingerprint density at radius 3 is 2.24 bits per heavy atom. The molecule has 0 atom stereocenters. The highest BCUT2D eigenvalue weighted by Gasteiger charge is 2.51. The van der Waals surface area contributed by atoms with Gasteiger partial charge in [0.25, 0.3) is 0 Å². The third-order valence-corrected chi connectivity index (χ3v) is 6.14. The van der Waals surface area contributed by atoms with E-state index in [2.05, 4.69) is 34.1 Å². The van der Waals surface area contributed by atoms with Gasteiger partial charge in [0, 0.05) is 38.3 Å². The molecule has 0 unspecified atom stereocenters. The van der Waals surface area contributed by atoms with Crippen molar-refractivity contribution in [2.45, 2.75) is 38.5 Å². The van der Waals surface area contributed by atoms with Gasteiger partial charge in [-0.1, -0.05) is 37.5 Å². The van der Waals surface area contributed by atoms with Gasteiger partial charge in [0.2, 0.25) is 11.8 Å². The van der Waals surface area contributed by atoms with Crippen LogP contribution >= 0.6 is 0 Å². The topological polar surface area (TPSA) is 43.9 Å². The average Bonchev–Trinajstić information content (AvgIpc) is 2.88. The van der Waals surface area contributed by atoms with Crippen molar-refractivity contribution in [2.24, 2.45) is 5.41 Å². The zero-order chi connectivity index (χ0) is 17.3. The molecular weight excluding hydrogens is 314 g/mol. The molecule has 0 N–H and O–H groups in total. The Kier molecular flexibility index (Phi) is 4.50. The van der Waals surface area contributed by atoms with Gasteiger partial charge < -0.3 is 4.90 Å². The number of rotatable bonds is 3. The largest absolute Gasteiger partial charge is 0.369 e.